The van der Waals surface area contributed by atoms with E-state index in [1.165, 1.54) is 18.4 Å². The third kappa shape index (κ3) is 6.65. The number of carbonyl (C=O) groups is 2. The molecule has 0 spiro atoms. The number of hydrogen-bond donors (Lipinski definition) is 1. The van der Waals surface area contributed by atoms with Gasteiger partial charge < -0.3 is 31.7 Å². The van der Waals surface area contributed by atoms with Gasteiger partial charge in [-0.2, -0.15) is 0 Å². The van der Waals surface area contributed by atoms with E-state index in [-0.39, 0.29) is 28.8 Å². The van der Waals surface area contributed by atoms with Crippen LogP contribution in [0.4, 0.5) is 5.69 Å². The smallest absolute Gasteiger partial charge is 0.279 e. The van der Waals surface area contributed by atoms with E-state index in [2.05, 4.69) is 29.6 Å². The molecule has 2 amide bonds. The molecule has 0 aliphatic carbocycles. The van der Waals surface area contributed by atoms with Gasteiger partial charge in [0.25, 0.3) is 11.8 Å². The van der Waals surface area contributed by atoms with Crippen LogP contribution in [-0.2, 0) is 11.3 Å². The maximum absolute atomic E-state index is 13.2. The van der Waals surface area contributed by atoms with E-state index in [1.807, 2.05) is 25.1 Å². The number of aryl methyl sites for hydroxylation is 1. The largest absolute Gasteiger partial charge is 1.00 e. The van der Waals surface area contributed by atoms with Gasteiger partial charge in [0.1, 0.15) is 6.54 Å². The molecule has 5 nitrogen and oxygen atoms in total. The highest BCUT2D eigenvalue weighted by Gasteiger charge is 2.32. The van der Waals surface area contributed by atoms with Crippen molar-refractivity contribution in [2.75, 3.05) is 39.0 Å². The monoisotopic (exact) mass is 487 g/mol. The SMILES string of the molecule is Cc1cccc(C(=O)N(C)C)c1NC(=O)C[N+]1(Cc2ccccc2)CCCCCC1.[Br-]. The third-order valence-corrected chi connectivity index (χ3v) is 6.03. The number of nitrogens with zero attached hydrogens (tertiary/aromatic N) is 2. The number of nitrogens with one attached hydrogen (secondary N) is 1. The van der Waals surface area contributed by atoms with Crippen LogP contribution in [0.3, 0.4) is 0 Å². The Bertz CT molecular complexity index is 876. The first-order chi connectivity index (χ1) is 14.4. The van der Waals surface area contributed by atoms with Crippen molar-refractivity contribution < 1.29 is 31.1 Å². The molecule has 1 saturated heterocycles. The third-order valence-electron chi connectivity index (χ3n) is 6.03. The van der Waals surface area contributed by atoms with Crippen molar-refractivity contribution in [3.63, 3.8) is 0 Å². The molecule has 0 radical (unpaired) electrons. The molecule has 0 unspecified atom stereocenters. The predicted octanol–water partition coefficient (Wildman–Crippen LogP) is 1.23. The van der Waals surface area contributed by atoms with Gasteiger partial charge in [0.05, 0.1) is 24.3 Å². The molecule has 31 heavy (non-hydrogen) atoms. The van der Waals surface area contributed by atoms with Crippen LogP contribution in [0.2, 0.25) is 0 Å². The van der Waals surface area contributed by atoms with Crippen molar-refractivity contribution in [1.82, 2.24) is 4.90 Å². The highest BCUT2D eigenvalue weighted by molar-refractivity contribution is 6.04. The van der Waals surface area contributed by atoms with Gasteiger partial charge in [0.2, 0.25) is 0 Å². The second kappa shape index (κ2) is 11.4. The average Bonchev–Trinajstić information content (AvgIpc) is 2.95. The Labute approximate surface area is 196 Å². The van der Waals surface area contributed by atoms with Crippen LogP contribution < -0.4 is 22.3 Å². The van der Waals surface area contributed by atoms with Gasteiger partial charge in [-0.1, -0.05) is 42.5 Å². The molecule has 1 N–H and O–H groups in total. The fraction of sp³-hybridized carbons (Fsp3) is 0.440. The number of benzene rings is 2. The van der Waals surface area contributed by atoms with Crippen LogP contribution in [0.5, 0.6) is 0 Å². The fourth-order valence-electron chi connectivity index (χ4n) is 4.44. The highest BCUT2D eigenvalue weighted by Crippen LogP contribution is 2.25. The molecule has 0 aromatic heterocycles. The summed E-state index contributed by atoms with van der Waals surface area (Å²) >= 11 is 0. The lowest BCUT2D eigenvalue weighted by molar-refractivity contribution is -0.932. The minimum absolute atomic E-state index is 0. The first-order valence-corrected chi connectivity index (χ1v) is 10.9. The number of amides is 2. The molecule has 1 fully saturated rings. The minimum Gasteiger partial charge on any atom is -1.00 e. The van der Waals surface area contributed by atoms with Gasteiger partial charge in [-0.05, 0) is 44.2 Å². The van der Waals surface area contributed by atoms with Crippen molar-refractivity contribution in [1.29, 1.82) is 0 Å². The van der Waals surface area contributed by atoms with Gasteiger partial charge in [-0.25, -0.2) is 0 Å². The lowest BCUT2D eigenvalue weighted by Crippen LogP contribution is -3.00. The highest BCUT2D eigenvalue weighted by atomic mass is 79.9. The zero-order valence-corrected chi connectivity index (χ0v) is 20.5. The van der Waals surface area contributed by atoms with E-state index in [0.29, 0.717) is 17.8 Å². The Kier molecular flexibility index (Phi) is 9.26. The van der Waals surface area contributed by atoms with Gasteiger partial charge >= 0.3 is 0 Å². The molecule has 6 heteroatoms. The summed E-state index contributed by atoms with van der Waals surface area (Å²) in [5.41, 5.74) is 3.35. The molecule has 0 atom stereocenters. The molecular formula is C25H34BrN3O2. The minimum atomic E-state index is -0.100. The number of halogens is 1. The number of carbonyl (C=O) groups excluding carboxylic acids is 2. The standard InChI is InChI=1S/C25H33N3O2.BrH/c1-20-12-11-15-22(25(30)27(2)3)24(20)26-23(29)19-28(16-9-4-5-10-17-28)18-21-13-7-6-8-14-21;/h6-8,11-15H,4-5,9-10,16-19H2,1-3H3;1H. The average molecular weight is 488 g/mol. The Morgan fingerprint density at radius 2 is 1.58 bits per heavy atom. The molecule has 2 aromatic carbocycles. The van der Waals surface area contributed by atoms with Crippen molar-refractivity contribution in [3.8, 4) is 0 Å². The van der Waals surface area contributed by atoms with Crippen molar-refractivity contribution in [2.24, 2.45) is 0 Å². The van der Waals surface area contributed by atoms with E-state index in [0.717, 1.165) is 42.5 Å². The Hall–Kier alpha value is -2.18. The van der Waals surface area contributed by atoms with Crippen molar-refractivity contribution in [3.05, 3.63) is 65.2 Å². The van der Waals surface area contributed by atoms with E-state index in [4.69, 9.17) is 0 Å². The van der Waals surface area contributed by atoms with Crippen LogP contribution in [0.1, 0.15) is 47.2 Å². The maximum Gasteiger partial charge on any atom is 0.279 e. The van der Waals surface area contributed by atoms with Crippen LogP contribution in [0.15, 0.2) is 48.5 Å². The fourth-order valence-corrected chi connectivity index (χ4v) is 4.44. The normalized spacial score (nSPS) is 15.3. The maximum atomic E-state index is 13.2. The van der Waals surface area contributed by atoms with Gasteiger partial charge in [0.15, 0.2) is 6.54 Å². The number of para-hydroxylation sites is 1. The first kappa shape index (κ1) is 25.1. The van der Waals surface area contributed by atoms with Gasteiger partial charge in [0, 0.05) is 19.7 Å². The van der Waals surface area contributed by atoms with Gasteiger partial charge in [-0.3, -0.25) is 9.59 Å². The summed E-state index contributed by atoms with van der Waals surface area (Å²) in [6.45, 7) is 5.26. The molecule has 1 aliphatic heterocycles. The summed E-state index contributed by atoms with van der Waals surface area (Å²) in [7, 11) is 3.46. The zero-order valence-electron chi connectivity index (χ0n) is 18.9. The van der Waals surface area contributed by atoms with Crippen molar-refractivity contribution >= 4 is 17.5 Å². The van der Waals surface area contributed by atoms with Crippen LogP contribution >= 0.6 is 0 Å². The van der Waals surface area contributed by atoms with E-state index >= 15 is 0 Å². The van der Waals surface area contributed by atoms with E-state index in [1.54, 1.807) is 25.1 Å². The first-order valence-electron chi connectivity index (χ1n) is 10.9. The Balaban J connectivity index is 0.00000341. The van der Waals surface area contributed by atoms with Crippen LogP contribution in [-0.4, -0.2) is 54.9 Å². The molecule has 1 aliphatic rings. The van der Waals surface area contributed by atoms with Gasteiger partial charge in [-0.15, -0.1) is 0 Å². The topological polar surface area (TPSA) is 49.4 Å². The number of anilines is 1. The molecule has 2 aromatic rings. The Morgan fingerprint density at radius 3 is 2.19 bits per heavy atom. The van der Waals surface area contributed by atoms with Crippen LogP contribution in [0.25, 0.3) is 0 Å². The predicted molar refractivity (Wildman–Crippen MR) is 121 cm³/mol. The molecule has 3 rings (SSSR count). The second-order valence-electron chi connectivity index (χ2n) is 8.75. The van der Waals surface area contributed by atoms with Crippen LogP contribution in [0, 0.1) is 6.92 Å². The zero-order chi connectivity index (χ0) is 21.6. The summed E-state index contributed by atoms with van der Waals surface area (Å²) in [6, 6.07) is 16.0. The molecule has 0 saturated carbocycles. The summed E-state index contributed by atoms with van der Waals surface area (Å²) in [6.07, 6.45) is 4.76. The van der Waals surface area contributed by atoms with Crippen molar-refractivity contribution in [2.45, 2.75) is 39.2 Å². The summed E-state index contributed by atoms with van der Waals surface area (Å²) in [5, 5.41) is 3.09. The molecule has 168 valence electrons. The molecule has 1 heterocycles. The second-order valence-corrected chi connectivity index (χ2v) is 8.75. The number of hydrogen-bond acceptors (Lipinski definition) is 2. The quantitative estimate of drug-likeness (QED) is 0.623. The number of likely N-dealkylation sites (tertiary alicyclic amines) is 1. The number of rotatable bonds is 6. The summed E-state index contributed by atoms with van der Waals surface area (Å²) in [4.78, 5) is 27.4. The summed E-state index contributed by atoms with van der Waals surface area (Å²) < 4.78 is 0.776. The number of quaternary nitrogens is 1. The molecule has 0 bridgehead atoms. The molecular weight excluding hydrogens is 454 g/mol. The van der Waals surface area contributed by atoms with E-state index in [9.17, 15) is 9.59 Å². The Morgan fingerprint density at radius 1 is 0.935 bits per heavy atom. The lowest BCUT2D eigenvalue weighted by atomic mass is 10.1. The van der Waals surface area contributed by atoms with E-state index < -0.39 is 0 Å². The summed E-state index contributed by atoms with van der Waals surface area (Å²) in [5.74, 6) is -0.119. The lowest BCUT2D eigenvalue weighted by Gasteiger charge is -2.37.